The van der Waals surface area contributed by atoms with Crippen LogP contribution in [0.4, 0.5) is 0 Å². The standard InChI is InChI=1S/C25H24BrN3O3S/c1-25(11-3-7-19(26)15-25)33(31,32)29-16-22(21-8-4-12-27-23(21)29)18-9-10-20-17(14-18)6-5-13-28(2)24(20)30/h3-4,7-10,12,14-16H,5-6,11,13H2,1-2H3. The van der Waals surface area contributed by atoms with Gasteiger partial charge in [-0.15, -0.1) is 0 Å². The van der Waals surface area contributed by atoms with Crippen LogP contribution in [0.3, 0.4) is 0 Å². The Balaban J connectivity index is 1.68. The molecule has 1 aromatic carbocycles. The number of carbonyl (C=O) groups excluding carboxylic acids is 1. The van der Waals surface area contributed by atoms with Crippen LogP contribution in [0.2, 0.25) is 0 Å². The highest BCUT2D eigenvalue weighted by atomic mass is 79.9. The number of hydrogen-bond donors (Lipinski definition) is 0. The molecule has 33 heavy (non-hydrogen) atoms. The first kappa shape index (κ1) is 22.1. The van der Waals surface area contributed by atoms with Crippen molar-refractivity contribution in [2.45, 2.75) is 30.9 Å². The van der Waals surface area contributed by atoms with E-state index < -0.39 is 14.8 Å². The molecular weight excluding hydrogens is 502 g/mol. The summed E-state index contributed by atoms with van der Waals surface area (Å²) in [6, 6.07) is 9.48. The van der Waals surface area contributed by atoms with Crippen molar-refractivity contribution in [2.75, 3.05) is 13.6 Å². The Hall–Kier alpha value is -2.71. The molecule has 0 radical (unpaired) electrons. The Labute approximate surface area is 201 Å². The summed E-state index contributed by atoms with van der Waals surface area (Å²) in [5.41, 5.74) is 3.77. The second kappa shape index (κ2) is 7.95. The lowest BCUT2D eigenvalue weighted by molar-refractivity contribution is 0.0800. The molecule has 1 aliphatic heterocycles. The van der Waals surface area contributed by atoms with Gasteiger partial charge in [0.15, 0.2) is 5.65 Å². The SMILES string of the molecule is CN1CCCc2cc(-c3cn(S(=O)(=O)C4(C)C=C(Br)C=CC4)c4ncccc34)ccc2C1=O. The van der Waals surface area contributed by atoms with E-state index in [-0.39, 0.29) is 5.91 Å². The molecule has 2 aromatic heterocycles. The summed E-state index contributed by atoms with van der Waals surface area (Å²) in [5.74, 6) is 0.0244. The van der Waals surface area contributed by atoms with Crippen molar-refractivity contribution in [1.82, 2.24) is 13.9 Å². The Morgan fingerprint density at radius 3 is 2.79 bits per heavy atom. The molecule has 0 fully saturated rings. The predicted octanol–water partition coefficient (Wildman–Crippen LogP) is 4.90. The van der Waals surface area contributed by atoms with Crippen molar-refractivity contribution in [2.24, 2.45) is 0 Å². The molecule has 0 spiro atoms. The normalized spacial score (nSPS) is 21.1. The monoisotopic (exact) mass is 525 g/mol. The van der Waals surface area contributed by atoms with Crippen LogP contribution in [0, 0.1) is 0 Å². The van der Waals surface area contributed by atoms with E-state index in [9.17, 15) is 13.2 Å². The Morgan fingerprint density at radius 1 is 1.18 bits per heavy atom. The van der Waals surface area contributed by atoms with Crippen molar-refractivity contribution >= 4 is 42.9 Å². The number of carbonyl (C=O) groups is 1. The van der Waals surface area contributed by atoms with E-state index in [1.54, 1.807) is 30.3 Å². The molecule has 8 heteroatoms. The largest absolute Gasteiger partial charge is 0.342 e. The van der Waals surface area contributed by atoms with Gasteiger partial charge >= 0.3 is 0 Å². The van der Waals surface area contributed by atoms with E-state index in [0.717, 1.165) is 45.9 Å². The molecule has 1 amide bonds. The van der Waals surface area contributed by atoms with Gasteiger partial charge in [-0.2, -0.15) is 0 Å². The Morgan fingerprint density at radius 2 is 2.00 bits per heavy atom. The highest BCUT2D eigenvalue weighted by Gasteiger charge is 2.40. The number of aryl methyl sites for hydroxylation is 1. The minimum atomic E-state index is -3.81. The number of amides is 1. The maximum absolute atomic E-state index is 13.8. The molecule has 1 aliphatic carbocycles. The fraction of sp³-hybridized carbons (Fsp3) is 0.280. The van der Waals surface area contributed by atoms with Crippen molar-refractivity contribution in [3.8, 4) is 11.1 Å². The highest BCUT2D eigenvalue weighted by molar-refractivity contribution is 9.11. The van der Waals surface area contributed by atoms with Crippen molar-refractivity contribution in [3.05, 3.63) is 76.6 Å². The van der Waals surface area contributed by atoms with E-state index in [2.05, 4.69) is 20.9 Å². The number of allylic oxidation sites excluding steroid dienone is 3. The van der Waals surface area contributed by atoms with Gasteiger partial charge in [0.2, 0.25) is 10.0 Å². The zero-order valence-electron chi connectivity index (χ0n) is 18.5. The summed E-state index contributed by atoms with van der Waals surface area (Å²) in [6.07, 6.45) is 10.8. The topological polar surface area (TPSA) is 72.3 Å². The molecule has 1 unspecified atom stereocenters. The molecule has 6 nitrogen and oxygen atoms in total. The van der Waals surface area contributed by atoms with E-state index in [1.165, 1.54) is 3.97 Å². The van der Waals surface area contributed by atoms with Gasteiger partial charge in [0.05, 0.1) is 0 Å². The minimum absolute atomic E-state index is 0.0244. The second-order valence-corrected chi connectivity index (χ2v) is 12.1. The van der Waals surface area contributed by atoms with Gasteiger partial charge in [-0.05, 0) is 61.6 Å². The van der Waals surface area contributed by atoms with Crippen molar-refractivity contribution in [3.63, 3.8) is 0 Å². The molecule has 170 valence electrons. The summed E-state index contributed by atoms with van der Waals surface area (Å²) >= 11 is 3.42. The number of aromatic nitrogens is 2. The van der Waals surface area contributed by atoms with Gasteiger partial charge in [0.25, 0.3) is 5.91 Å². The number of benzene rings is 1. The van der Waals surface area contributed by atoms with Crippen molar-refractivity contribution < 1.29 is 13.2 Å². The van der Waals surface area contributed by atoms with Crippen molar-refractivity contribution in [1.29, 1.82) is 0 Å². The Kier molecular flexibility index (Phi) is 5.33. The van der Waals surface area contributed by atoms with Gasteiger partial charge in [-0.1, -0.05) is 40.2 Å². The van der Waals surface area contributed by atoms with E-state index in [0.29, 0.717) is 17.6 Å². The molecule has 0 saturated carbocycles. The number of nitrogens with zero attached hydrogens (tertiary/aromatic N) is 3. The van der Waals surface area contributed by atoms with Crippen LogP contribution in [-0.2, 0) is 16.4 Å². The molecule has 2 aliphatic rings. The number of pyridine rings is 1. The molecule has 3 heterocycles. The van der Waals surface area contributed by atoms with Crippen LogP contribution >= 0.6 is 15.9 Å². The van der Waals surface area contributed by atoms with Gasteiger partial charge in [-0.3, -0.25) is 4.79 Å². The quantitative estimate of drug-likeness (QED) is 0.487. The van der Waals surface area contributed by atoms with Gasteiger partial charge in [0.1, 0.15) is 4.75 Å². The third-order valence-corrected chi connectivity index (χ3v) is 9.31. The fourth-order valence-corrected chi connectivity index (χ4v) is 7.14. The van der Waals surface area contributed by atoms with Gasteiger partial charge in [0, 0.05) is 47.0 Å². The first-order valence-electron chi connectivity index (χ1n) is 10.9. The van der Waals surface area contributed by atoms with Crippen LogP contribution in [0.15, 0.2) is 65.4 Å². The first-order valence-corrected chi connectivity index (χ1v) is 13.1. The summed E-state index contributed by atoms with van der Waals surface area (Å²) < 4.78 is 28.6. The smallest absolute Gasteiger partial charge is 0.253 e. The molecule has 1 atom stereocenters. The summed E-state index contributed by atoms with van der Waals surface area (Å²) in [7, 11) is -1.99. The lowest BCUT2D eigenvalue weighted by atomic mass is 9.97. The maximum atomic E-state index is 13.8. The average Bonchev–Trinajstić information content (AvgIpc) is 3.12. The van der Waals surface area contributed by atoms with E-state index in [1.807, 2.05) is 49.5 Å². The number of fused-ring (bicyclic) bond motifs is 2. The fourth-order valence-electron chi connectivity index (χ4n) is 4.64. The predicted molar refractivity (Wildman–Crippen MR) is 134 cm³/mol. The first-order chi connectivity index (χ1) is 15.7. The number of rotatable bonds is 3. The maximum Gasteiger partial charge on any atom is 0.253 e. The third kappa shape index (κ3) is 3.56. The van der Waals surface area contributed by atoms with Crippen LogP contribution in [0.25, 0.3) is 22.2 Å². The molecule has 0 saturated heterocycles. The van der Waals surface area contributed by atoms with E-state index >= 15 is 0 Å². The van der Waals surface area contributed by atoms with Crippen LogP contribution in [-0.4, -0.2) is 46.5 Å². The zero-order chi connectivity index (χ0) is 23.4. The van der Waals surface area contributed by atoms with Crippen LogP contribution in [0.1, 0.15) is 35.7 Å². The van der Waals surface area contributed by atoms with Gasteiger partial charge < -0.3 is 4.90 Å². The summed E-state index contributed by atoms with van der Waals surface area (Å²) in [6.45, 7) is 2.45. The van der Waals surface area contributed by atoms with E-state index in [4.69, 9.17) is 0 Å². The van der Waals surface area contributed by atoms with Crippen LogP contribution < -0.4 is 0 Å². The molecule has 3 aromatic rings. The number of halogens is 1. The van der Waals surface area contributed by atoms with Crippen LogP contribution in [0.5, 0.6) is 0 Å². The lowest BCUT2D eigenvalue weighted by Crippen LogP contribution is -2.38. The molecule has 0 N–H and O–H groups in total. The lowest BCUT2D eigenvalue weighted by Gasteiger charge is -2.27. The molecular formula is C25H24BrN3O3S. The summed E-state index contributed by atoms with van der Waals surface area (Å²) in [4.78, 5) is 18.9. The third-order valence-electron chi connectivity index (χ3n) is 6.56. The molecule has 0 bridgehead atoms. The molecule has 5 rings (SSSR count). The zero-order valence-corrected chi connectivity index (χ0v) is 20.9. The second-order valence-electron chi connectivity index (χ2n) is 8.87. The Bertz CT molecular complexity index is 1450. The highest BCUT2D eigenvalue weighted by Crippen LogP contribution is 2.38. The average molecular weight is 526 g/mol. The summed E-state index contributed by atoms with van der Waals surface area (Å²) in [5, 5.41) is 0.760. The minimum Gasteiger partial charge on any atom is -0.342 e. The van der Waals surface area contributed by atoms with Gasteiger partial charge in [-0.25, -0.2) is 17.4 Å². The number of hydrogen-bond acceptors (Lipinski definition) is 4.